The number of nitrogens with zero attached hydrogens (tertiary/aromatic N) is 2. The summed E-state index contributed by atoms with van der Waals surface area (Å²) in [5.74, 6) is -0.429. The molecular weight excluding hydrogens is 377 g/mol. The fourth-order valence-corrected chi connectivity index (χ4v) is 4.34. The molecule has 0 radical (unpaired) electrons. The monoisotopic (exact) mass is 397 g/mol. The van der Waals surface area contributed by atoms with Crippen LogP contribution in [0.3, 0.4) is 0 Å². The lowest BCUT2D eigenvalue weighted by Gasteiger charge is -2.22. The van der Waals surface area contributed by atoms with Gasteiger partial charge in [0.05, 0.1) is 10.9 Å². The zero-order valence-corrected chi connectivity index (χ0v) is 16.7. The highest BCUT2D eigenvalue weighted by Gasteiger charge is 2.19. The molecule has 25 heavy (non-hydrogen) atoms. The predicted octanol–water partition coefficient (Wildman–Crippen LogP) is 4.64. The summed E-state index contributed by atoms with van der Waals surface area (Å²) in [6, 6.07) is 6.10. The summed E-state index contributed by atoms with van der Waals surface area (Å²) in [6.07, 6.45) is 0. The Kier molecular flexibility index (Phi) is 7.34. The van der Waals surface area contributed by atoms with E-state index in [0.29, 0.717) is 10.8 Å². The number of hydrogen-bond acceptors (Lipinski definition) is 5. The van der Waals surface area contributed by atoms with Crippen LogP contribution in [0.2, 0.25) is 0 Å². The number of carbonyl (C=O) groups is 1. The summed E-state index contributed by atoms with van der Waals surface area (Å²) in [6.45, 7) is 7.54. The number of anilines is 1. The largest absolute Gasteiger partial charge is 0.358 e. The maximum Gasteiger partial charge on any atom is 0.239 e. The summed E-state index contributed by atoms with van der Waals surface area (Å²) in [4.78, 5) is 18.8. The smallest absolute Gasteiger partial charge is 0.239 e. The fourth-order valence-electron chi connectivity index (χ4n) is 2.05. The Morgan fingerprint density at radius 1 is 1.36 bits per heavy atom. The lowest BCUT2D eigenvalue weighted by atomic mass is 10.2. The van der Waals surface area contributed by atoms with E-state index in [0.717, 1.165) is 23.0 Å². The van der Waals surface area contributed by atoms with Crippen molar-refractivity contribution < 1.29 is 9.18 Å². The van der Waals surface area contributed by atoms with Crippen LogP contribution >= 0.6 is 35.3 Å². The summed E-state index contributed by atoms with van der Waals surface area (Å²) in [5, 5.41) is 4.86. The molecule has 0 fully saturated rings. The molecule has 0 saturated heterocycles. The molecule has 1 aromatic carbocycles. The van der Waals surface area contributed by atoms with Crippen molar-refractivity contribution in [2.24, 2.45) is 0 Å². The van der Waals surface area contributed by atoms with E-state index in [1.54, 1.807) is 12.1 Å². The number of halogens is 1. The summed E-state index contributed by atoms with van der Waals surface area (Å²) >= 11 is 8.09. The first-order chi connectivity index (χ1) is 11.9. The topological polar surface area (TPSA) is 45.2 Å². The second-order valence-corrected chi connectivity index (χ2v) is 8.07. The summed E-state index contributed by atoms with van der Waals surface area (Å²) in [7, 11) is 0. The Hall–Kier alpha value is -1.51. The lowest BCUT2D eigenvalue weighted by Crippen LogP contribution is -2.31. The van der Waals surface area contributed by atoms with E-state index in [4.69, 9.17) is 12.2 Å². The average Bonchev–Trinajstić information content (AvgIpc) is 3.05. The van der Waals surface area contributed by atoms with E-state index in [9.17, 15) is 9.18 Å². The molecule has 1 amide bonds. The van der Waals surface area contributed by atoms with Gasteiger partial charge in [-0.1, -0.05) is 24.0 Å². The predicted molar refractivity (Wildman–Crippen MR) is 109 cm³/mol. The third kappa shape index (κ3) is 5.49. The van der Waals surface area contributed by atoms with Gasteiger partial charge in [-0.25, -0.2) is 9.37 Å². The van der Waals surface area contributed by atoms with E-state index >= 15 is 0 Å². The van der Waals surface area contributed by atoms with Gasteiger partial charge in [0.25, 0.3) is 0 Å². The number of thiocarbonyl (C=S) groups is 1. The van der Waals surface area contributed by atoms with E-state index < -0.39 is 0 Å². The van der Waals surface area contributed by atoms with Crippen LogP contribution in [0, 0.1) is 5.82 Å². The van der Waals surface area contributed by atoms with Gasteiger partial charge in [0, 0.05) is 24.0 Å². The van der Waals surface area contributed by atoms with Gasteiger partial charge in [-0.2, -0.15) is 0 Å². The Labute approximate surface area is 160 Å². The number of benzene rings is 1. The fraction of sp³-hybridized carbons (Fsp3) is 0.353. The molecule has 0 aliphatic heterocycles. The van der Waals surface area contributed by atoms with Crippen molar-refractivity contribution >= 4 is 50.7 Å². The quantitative estimate of drug-likeness (QED) is 0.720. The van der Waals surface area contributed by atoms with Gasteiger partial charge in [0.1, 0.15) is 10.1 Å². The maximum atomic E-state index is 13.0. The van der Waals surface area contributed by atoms with Gasteiger partial charge in [-0.05, 0) is 45.0 Å². The third-order valence-corrected chi connectivity index (χ3v) is 5.87. The van der Waals surface area contributed by atoms with Crippen molar-refractivity contribution in [2.45, 2.75) is 26.0 Å². The van der Waals surface area contributed by atoms with Crippen molar-refractivity contribution in [3.8, 4) is 11.3 Å². The highest BCUT2D eigenvalue weighted by atomic mass is 32.2. The molecule has 4 nitrogen and oxygen atoms in total. The van der Waals surface area contributed by atoms with Crippen LogP contribution in [0.1, 0.15) is 20.8 Å². The van der Waals surface area contributed by atoms with E-state index in [1.165, 1.54) is 35.2 Å². The Morgan fingerprint density at radius 2 is 2.00 bits per heavy atom. The van der Waals surface area contributed by atoms with Gasteiger partial charge in [0.2, 0.25) is 5.91 Å². The second-order valence-electron chi connectivity index (χ2n) is 5.23. The SMILES string of the molecule is CCN(CC)C(=S)SC(C)C(=O)Nc1nc(-c2ccc(F)cc2)cs1. The van der Waals surface area contributed by atoms with Crippen LogP contribution < -0.4 is 5.32 Å². The van der Waals surface area contributed by atoms with E-state index in [2.05, 4.69) is 10.3 Å². The van der Waals surface area contributed by atoms with Crippen molar-refractivity contribution in [3.63, 3.8) is 0 Å². The van der Waals surface area contributed by atoms with Gasteiger partial charge >= 0.3 is 0 Å². The number of thiazole rings is 1. The minimum Gasteiger partial charge on any atom is -0.358 e. The van der Waals surface area contributed by atoms with Crippen molar-refractivity contribution in [1.82, 2.24) is 9.88 Å². The molecule has 2 rings (SSSR count). The lowest BCUT2D eigenvalue weighted by molar-refractivity contribution is -0.115. The first kappa shape index (κ1) is 19.8. The molecule has 0 aliphatic carbocycles. The average molecular weight is 398 g/mol. The zero-order chi connectivity index (χ0) is 18.4. The third-order valence-electron chi connectivity index (χ3n) is 3.54. The molecule has 1 atom stereocenters. The number of nitrogens with one attached hydrogen (secondary N) is 1. The number of hydrogen-bond donors (Lipinski definition) is 1. The van der Waals surface area contributed by atoms with E-state index in [1.807, 2.05) is 31.1 Å². The van der Waals surface area contributed by atoms with Crippen LogP contribution in [-0.2, 0) is 4.79 Å². The van der Waals surface area contributed by atoms with Gasteiger partial charge < -0.3 is 10.2 Å². The summed E-state index contributed by atoms with van der Waals surface area (Å²) < 4.78 is 13.7. The Balaban J connectivity index is 1.96. The normalized spacial score (nSPS) is 11.8. The second kappa shape index (κ2) is 9.26. The van der Waals surface area contributed by atoms with Crippen LogP contribution in [0.15, 0.2) is 29.6 Å². The Bertz CT molecular complexity index is 729. The van der Waals surface area contributed by atoms with Gasteiger partial charge in [-0.15, -0.1) is 11.3 Å². The first-order valence-corrected chi connectivity index (χ1v) is 10.1. The molecule has 0 saturated carbocycles. The maximum absolute atomic E-state index is 13.0. The highest BCUT2D eigenvalue weighted by Crippen LogP contribution is 2.26. The molecule has 1 unspecified atom stereocenters. The van der Waals surface area contributed by atoms with Crippen molar-refractivity contribution in [2.75, 3.05) is 18.4 Å². The molecular formula is C17H20FN3OS3. The van der Waals surface area contributed by atoms with Crippen LogP contribution in [0.5, 0.6) is 0 Å². The molecule has 134 valence electrons. The molecule has 1 aromatic heterocycles. The van der Waals surface area contributed by atoms with Crippen LogP contribution in [-0.4, -0.2) is 38.5 Å². The first-order valence-electron chi connectivity index (χ1n) is 7.92. The number of amides is 1. The zero-order valence-electron chi connectivity index (χ0n) is 14.3. The molecule has 1 N–H and O–H groups in total. The van der Waals surface area contributed by atoms with E-state index in [-0.39, 0.29) is 17.0 Å². The van der Waals surface area contributed by atoms with Crippen molar-refractivity contribution in [3.05, 3.63) is 35.5 Å². The summed E-state index contributed by atoms with van der Waals surface area (Å²) in [5.41, 5.74) is 1.52. The number of rotatable bonds is 6. The molecule has 1 heterocycles. The highest BCUT2D eigenvalue weighted by molar-refractivity contribution is 8.23. The van der Waals surface area contributed by atoms with Crippen molar-refractivity contribution in [1.29, 1.82) is 0 Å². The molecule has 0 bridgehead atoms. The van der Waals surface area contributed by atoms with Crippen LogP contribution in [0.4, 0.5) is 9.52 Å². The Morgan fingerprint density at radius 3 is 2.60 bits per heavy atom. The van der Waals surface area contributed by atoms with Gasteiger partial charge in [0.15, 0.2) is 5.13 Å². The number of carbonyl (C=O) groups excluding carboxylic acids is 1. The minimum absolute atomic E-state index is 0.139. The molecule has 8 heteroatoms. The minimum atomic E-state index is -0.314. The molecule has 0 aliphatic rings. The standard InChI is InChI=1S/C17H20FN3OS3/c1-4-21(5-2)17(23)25-11(3)15(22)20-16-19-14(10-24-16)12-6-8-13(18)9-7-12/h6-11H,4-5H2,1-3H3,(H,19,20,22). The molecule has 2 aromatic rings. The van der Waals surface area contributed by atoms with Gasteiger partial charge in [-0.3, -0.25) is 4.79 Å². The molecule has 0 spiro atoms. The number of thioether (sulfide) groups is 1. The van der Waals surface area contributed by atoms with Crippen LogP contribution in [0.25, 0.3) is 11.3 Å². The number of aromatic nitrogens is 1.